The van der Waals surface area contributed by atoms with Gasteiger partial charge in [0.25, 0.3) is 0 Å². The number of nitrogens with one attached hydrogen (secondary N) is 1. The highest BCUT2D eigenvalue weighted by Gasteiger charge is 2.09. The van der Waals surface area contributed by atoms with E-state index in [-0.39, 0.29) is 0 Å². The van der Waals surface area contributed by atoms with Crippen molar-refractivity contribution in [1.29, 1.82) is 0 Å². The fraction of sp³-hybridized carbons (Fsp3) is 0.111. The van der Waals surface area contributed by atoms with Crippen molar-refractivity contribution in [3.05, 3.63) is 65.9 Å². The third-order valence-electron chi connectivity index (χ3n) is 3.60. The van der Waals surface area contributed by atoms with E-state index in [9.17, 15) is 0 Å². The van der Waals surface area contributed by atoms with Gasteiger partial charge in [0.2, 0.25) is 0 Å². The molecule has 1 N–H and O–H groups in total. The van der Waals surface area contributed by atoms with Crippen LogP contribution in [0.25, 0.3) is 22.3 Å². The first-order valence-corrected chi connectivity index (χ1v) is 8.37. The highest BCUT2D eigenvalue weighted by molar-refractivity contribution is 7.98. The zero-order chi connectivity index (χ0) is 15.6. The molecule has 0 aliphatic rings. The number of rotatable bonds is 4. The Bertz CT molecular complexity index is 943. The molecule has 23 heavy (non-hydrogen) atoms. The number of benzene rings is 2. The van der Waals surface area contributed by atoms with Crippen molar-refractivity contribution in [2.75, 3.05) is 0 Å². The number of thioether (sulfide) groups is 1. The maximum absolute atomic E-state index is 5.42. The number of H-pyrrole nitrogens is 1. The molecule has 0 aliphatic carbocycles. The van der Waals surface area contributed by atoms with Gasteiger partial charge in [0, 0.05) is 11.6 Å². The van der Waals surface area contributed by atoms with Gasteiger partial charge in [0.05, 0.1) is 16.8 Å². The predicted octanol–water partition coefficient (Wildman–Crippen LogP) is 4.82. The minimum absolute atomic E-state index is 0.693. The number of nitrogens with zero attached hydrogens (tertiary/aromatic N) is 2. The summed E-state index contributed by atoms with van der Waals surface area (Å²) >= 11 is 1.61. The van der Waals surface area contributed by atoms with Crippen molar-refractivity contribution in [3.8, 4) is 11.3 Å². The topological polar surface area (TPSA) is 54.7 Å². The van der Waals surface area contributed by atoms with Gasteiger partial charge >= 0.3 is 0 Å². The second-order valence-corrected chi connectivity index (χ2v) is 6.36. The van der Waals surface area contributed by atoms with Crippen LogP contribution in [0.15, 0.2) is 64.3 Å². The molecule has 0 saturated carbocycles. The molecule has 2 aromatic heterocycles. The minimum Gasteiger partial charge on any atom is -0.360 e. The van der Waals surface area contributed by atoms with Gasteiger partial charge in [-0.25, -0.2) is 4.98 Å². The average molecular weight is 321 g/mol. The van der Waals surface area contributed by atoms with Crippen LogP contribution in [0.1, 0.15) is 11.3 Å². The van der Waals surface area contributed by atoms with Crippen LogP contribution in [-0.2, 0) is 5.75 Å². The summed E-state index contributed by atoms with van der Waals surface area (Å²) in [4.78, 5) is 7.91. The Morgan fingerprint density at radius 1 is 1.09 bits per heavy atom. The lowest BCUT2D eigenvalue weighted by molar-refractivity contribution is 0.397. The summed E-state index contributed by atoms with van der Waals surface area (Å²) < 4.78 is 5.42. The van der Waals surface area contributed by atoms with Crippen LogP contribution in [0.2, 0.25) is 0 Å². The standard InChI is InChI=1S/C18H15N3OS/c1-12-7-8-15-17(9-12)20-18(19-15)23-11-14-10-16(21-22-14)13-5-3-2-4-6-13/h2-10H,11H2,1H3,(H,19,20). The highest BCUT2D eigenvalue weighted by Crippen LogP contribution is 2.26. The number of fused-ring (bicyclic) bond motifs is 1. The SMILES string of the molecule is Cc1ccc2nc(SCc3cc(-c4ccccc4)no3)[nH]c2c1. The average Bonchev–Trinajstić information content (AvgIpc) is 3.20. The molecule has 0 saturated heterocycles. The molecule has 0 unspecified atom stereocenters. The Morgan fingerprint density at radius 3 is 2.83 bits per heavy atom. The van der Waals surface area contributed by atoms with Crippen LogP contribution in [0, 0.1) is 6.92 Å². The van der Waals surface area contributed by atoms with E-state index in [4.69, 9.17) is 4.52 Å². The Labute approximate surface area is 137 Å². The lowest BCUT2D eigenvalue weighted by atomic mass is 10.1. The van der Waals surface area contributed by atoms with Crippen molar-refractivity contribution >= 4 is 22.8 Å². The van der Waals surface area contributed by atoms with Gasteiger partial charge in [-0.1, -0.05) is 53.3 Å². The van der Waals surface area contributed by atoms with Crippen LogP contribution >= 0.6 is 11.8 Å². The summed E-state index contributed by atoms with van der Waals surface area (Å²) in [5.74, 6) is 1.53. The smallest absolute Gasteiger partial charge is 0.166 e. The monoisotopic (exact) mass is 321 g/mol. The first-order valence-electron chi connectivity index (χ1n) is 7.38. The van der Waals surface area contributed by atoms with Crippen molar-refractivity contribution in [1.82, 2.24) is 15.1 Å². The van der Waals surface area contributed by atoms with E-state index in [1.807, 2.05) is 42.5 Å². The number of aromatic nitrogens is 3. The number of aryl methyl sites for hydroxylation is 1. The Balaban J connectivity index is 1.49. The summed E-state index contributed by atoms with van der Waals surface area (Å²) in [5.41, 5.74) is 5.20. The molecular weight excluding hydrogens is 306 g/mol. The minimum atomic E-state index is 0.693. The quantitative estimate of drug-likeness (QED) is 0.548. The van der Waals surface area contributed by atoms with E-state index in [1.165, 1.54) is 5.56 Å². The number of hydrogen-bond acceptors (Lipinski definition) is 4. The summed E-state index contributed by atoms with van der Waals surface area (Å²) in [7, 11) is 0. The predicted molar refractivity (Wildman–Crippen MR) is 92.3 cm³/mol. The van der Waals surface area contributed by atoms with E-state index in [2.05, 4.69) is 34.2 Å². The lowest BCUT2D eigenvalue weighted by Crippen LogP contribution is -1.78. The second kappa shape index (κ2) is 5.93. The Kier molecular flexibility index (Phi) is 3.63. The summed E-state index contributed by atoms with van der Waals surface area (Å²) in [6, 6.07) is 18.2. The Hall–Kier alpha value is -2.53. The van der Waals surface area contributed by atoms with Gasteiger partial charge in [-0.05, 0) is 24.6 Å². The van der Waals surface area contributed by atoms with E-state index in [0.29, 0.717) is 5.75 Å². The van der Waals surface area contributed by atoms with Gasteiger partial charge in [-0.3, -0.25) is 0 Å². The van der Waals surface area contributed by atoms with E-state index in [0.717, 1.165) is 33.2 Å². The number of hydrogen-bond donors (Lipinski definition) is 1. The fourth-order valence-corrected chi connectivity index (χ4v) is 3.19. The first kappa shape index (κ1) is 14.1. The van der Waals surface area contributed by atoms with E-state index >= 15 is 0 Å². The van der Waals surface area contributed by atoms with Gasteiger partial charge in [-0.2, -0.15) is 0 Å². The van der Waals surface area contributed by atoms with Crippen LogP contribution in [0.5, 0.6) is 0 Å². The normalized spacial score (nSPS) is 11.2. The largest absolute Gasteiger partial charge is 0.360 e. The molecule has 0 fully saturated rings. The molecule has 5 heteroatoms. The maximum Gasteiger partial charge on any atom is 0.166 e. The molecule has 0 aliphatic heterocycles. The molecule has 2 heterocycles. The number of aromatic amines is 1. The molecule has 0 spiro atoms. The highest BCUT2D eigenvalue weighted by atomic mass is 32.2. The van der Waals surface area contributed by atoms with Gasteiger partial charge in [-0.15, -0.1) is 0 Å². The number of imidazole rings is 1. The van der Waals surface area contributed by atoms with Crippen LogP contribution in [0.4, 0.5) is 0 Å². The third kappa shape index (κ3) is 3.00. The van der Waals surface area contributed by atoms with Crippen molar-refractivity contribution < 1.29 is 4.52 Å². The fourth-order valence-electron chi connectivity index (χ4n) is 2.43. The molecule has 0 amide bonds. The molecule has 0 atom stereocenters. The summed E-state index contributed by atoms with van der Waals surface area (Å²) in [5, 5.41) is 5.03. The summed E-state index contributed by atoms with van der Waals surface area (Å²) in [6.07, 6.45) is 0. The molecule has 0 bridgehead atoms. The van der Waals surface area contributed by atoms with E-state index in [1.54, 1.807) is 11.8 Å². The zero-order valence-electron chi connectivity index (χ0n) is 12.6. The molecule has 2 aromatic carbocycles. The van der Waals surface area contributed by atoms with Gasteiger partial charge in [0.15, 0.2) is 5.16 Å². The van der Waals surface area contributed by atoms with Crippen LogP contribution < -0.4 is 0 Å². The van der Waals surface area contributed by atoms with E-state index < -0.39 is 0 Å². The Morgan fingerprint density at radius 2 is 1.96 bits per heavy atom. The lowest BCUT2D eigenvalue weighted by Gasteiger charge is -1.92. The van der Waals surface area contributed by atoms with Crippen molar-refractivity contribution in [2.24, 2.45) is 0 Å². The molecule has 114 valence electrons. The molecule has 0 radical (unpaired) electrons. The molecular formula is C18H15N3OS. The zero-order valence-corrected chi connectivity index (χ0v) is 13.4. The van der Waals surface area contributed by atoms with Gasteiger partial charge in [0.1, 0.15) is 11.5 Å². The molecule has 4 aromatic rings. The third-order valence-corrected chi connectivity index (χ3v) is 4.49. The second-order valence-electron chi connectivity index (χ2n) is 5.40. The van der Waals surface area contributed by atoms with Crippen LogP contribution in [-0.4, -0.2) is 15.1 Å². The maximum atomic E-state index is 5.42. The van der Waals surface area contributed by atoms with Gasteiger partial charge < -0.3 is 9.51 Å². The van der Waals surface area contributed by atoms with Crippen molar-refractivity contribution in [2.45, 2.75) is 17.8 Å². The first-order chi connectivity index (χ1) is 11.3. The van der Waals surface area contributed by atoms with Crippen LogP contribution in [0.3, 0.4) is 0 Å². The van der Waals surface area contributed by atoms with Crippen molar-refractivity contribution in [3.63, 3.8) is 0 Å². The molecule has 4 rings (SSSR count). The molecule has 4 nitrogen and oxygen atoms in total. The summed E-state index contributed by atoms with van der Waals surface area (Å²) in [6.45, 7) is 2.08.